The van der Waals surface area contributed by atoms with Crippen molar-refractivity contribution in [1.29, 1.82) is 0 Å². The molecule has 1 aliphatic heterocycles. The van der Waals surface area contributed by atoms with Crippen LogP contribution in [0.5, 0.6) is 0 Å². The van der Waals surface area contributed by atoms with E-state index in [2.05, 4.69) is 5.32 Å². The Hall–Kier alpha value is -1.92. The molecule has 1 aromatic rings. The number of benzene rings is 1. The van der Waals surface area contributed by atoms with Gasteiger partial charge in [-0.2, -0.15) is 0 Å². The number of para-hydroxylation sites is 1. The van der Waals surface area contributed by atoms with Gasteiger partial charge in [-0.3, -0.25) is 9.59 Å². The van der Waals surface area contributed by atoms with Gasteiger partial charge in [0.05, 0.1) is 24.5 Å². The maximum Gasteiger partial charge on any atom is 0.256 e. The SMILES string of the molecule is CC(CN)C(=O)Nc1ccccc1C(=O)N1CCOCC1. The molecular weight excluding hydrogens is 270 g/mol. The maximum absolute atomic E-state index is 12.5. The van der Waals surface area contributed by atoms with Crippen molar-refractivity contribution in [3.05, 3.63) is 29.8 Å². The van der Waals surface area contributed by atoms with Crippen LogP contribution < -0.4 is 11.1 Å². The molecule has 0 bridgehead atoms. The highest BCUT2D eigenvalue weighted by Crippen LogP contribution is 2.18. The third-order valence-corrected chi connectivity index (χ3v) is 3.51. The van der Waals surface area contributed by atoms with Gasteiger partial charge in [-0.1, -0.05) is 19.1 Å². The first kappa shape index (κ1) is 15.5. The van der Waals surface area contributed by atoms with E-state index in [1.165, 1.54) is 0 Å². The molecule has 6 heteroatoms. The van der Waals surface area contributed by atoms with Crippen molar-refractivity contribution in [2.45, 2.75) is 6.92 Å². The van der Waals surface area contributed by atoms with Crippen molar-refractivity contribution in [2.24, 2.45) is 11.7 Å². The van der Waals surface area contributed by atoms with E-state index in [-0.39, 0.29) is 24.3 Å². The molecule has 3 N–H and O–H groups in total. The Kier molecular flexibility index (Phi) is 5.30. The normalized spacial score (nSPS) is 16.4. The minimum absolute atomic E-state index is 0.0883. The Bertz CT molecular complexity index is 513. The van der Waals surface area contributed by atoms with Gasteiger partial charge in [0.2, 0.25) is 5.91 Å². The van der Waals surface area contributed by atoms with E-state index in [1.54, 1.807) is 36.1 Å². The number of nitrogens with one attached hydrogen (secondary N) is 1. The zero-order valence-corrected chi connectivity index (χ0v) is 12.2. The van der Waals surface area contributed by atoms with Gasteiger partial charge in [0.1, 0.15) is 0 Å². The number of amides is 2. The van der Waals surface area contributed by atoms with Gasteiger partial charge < -0.3 is 20.7 Å². The molecule has 0 aliphatic carbocycles. The molecule has 0 radical (unpaired) electrons. The maximum atomic E-state index is 12.5. The molecule has 1 fully saturated rings. The lowest BCUT2D eigenvalue weighted by Gasteiger charge is -2.27. The number of rotatable bonds is 4. The first-order chi connectivity index (χ1) is 10.1. The van der Waals surface area contributed by atoms with Crippen LogP contribution in [0.2, 0.25) is 0 Å². The molecule has 1 aromatic carbocycles. The van der Waals surface area contributed by atoms with Crippen molar-refractivity contribution in [3.63, 3.8) is 0 Å². The molecule has 1 saturated heterocycles. The fraction of sp³-hybridized carbons (Fsp3) is 0.467. The second-order valence-corrected chi connectivity index (χ2v) is 5.08. The van der Waals surface area contributed by atoms with Crippen LogP contribution in [0.1, 0.15) is 17.3 Å². The molecule has 1 aliphatic rings. The Morgan fingerprint density at radius 1 is 1.33 bits per heavy atom. The van der Waals surface area contributed by atoms with Gasteiger partial charge in [0.15, 0.2) is 0 Å². The van der Waals surface area contributed by atoms with E-state index in [0.717, 1.165) is 0 Å². The summed E-state index contributed by atoms with van der Waals surface area (Å²) in [6.07, 6.45) is 0. The van der Waals surface area contributed by atoms with Crippen LogP contribution in [0.4, 0.5) is 5.69 Å². The van der Waals surface area contributed by atoms with E-state index < -0.39 is 0 Å². The van der Waals surface area contributed by atoms with Gasteiger partial charge in [0.25, 0.3) is 5.91 Å². The Balaban J connectivity index is 2.16. The number of hydrogen-bond donors (Lipinski definition) is 2. The first-order valence-corrected chi connectivity index (χ1v) is 7.10. The topological polar surface area (TPSA) is 84.7 Å². The number of nitrogens with two attached hydrogens (primary N) is 1. The highest BCUT2D eigenvalue weighted by atomic mass is 16.5. The van der Waals surface area contributed by atoms with Gasteiger partial charge in [-0.05, 0) is 12.1 Å². The largest absolute Gasteiger partial charge is 0.378 e. The van der Waals surface area contributed by atoms with Crippen LogP contribution in [0.3, 0.4) is 0 Å². The van der Waals surface area contributed by atoms with Crippen molar-refractivity contribution >= 4 is 17.5 Å². The number of carbonyl (C=O) groups is 2. The summed E-state index contributed by atoms with van der Waals surface area (Å²) in [6, 6.07) is 7.03. The molecule has 114 valence electrons. The molecule has 0 saturated carbocycles. The molecule has 0 spiro atoms. The minimum atomic E-state index is -0.295. The second kappa shape index (κ2) is 7.19. The zero-order valence-electron chi connectivity index (χ0n) is 12.2. The summed E-state index contributed by atoms with van der Waals surface area (Å²) in [5.41, 5.74) is 6.52. The highest BCUT2D eigenvalue weighted by molar-refractivity contribution is 6.04. The number of ether oxygens (including phenoxy) is 1. The molecule has 21 heavy (non-hydrogen) atoms. The van der Waals surface area contributed by atoms with E-state index in [1.807, 2.05) is 0 Å². The molecule has 2 amide bonds. The van der Waals surface area contributed by atoms with Gasteiger partial charge in [-0.15, -0.1) is 0 Å². The van der Waals surface area contributed by atoms with Crippen LogP contribution in [0.15, 0.2) is 24.3 Å². The van der Waals surface area contributed by atoms with Gasteiger partial charge in [-0.25, -0.2) is 0 Å². The van der Waals surface area contributed by atoms with Crippen molar-refractivity contribution < 1.29 is 14.3 Å². The van der Waals surface area contributed by atoms with Gasteiger partial charge in [0, 0.05) is 25.6 Å². The smallest absolute Gasteiger partial charge is 0.256 e. The highest BCUT2D eigenvalue weighted by Gasteiger charge is 2.22. The quantitative estimate of drug-likeness (QED) is 0.855. The molecule has 2 rings (SSSR count). The number of carbonyl (C=O) groups excluding carboxylic acids is 2. The standard InChI is InChI=1S/C15H21N3O3/c1-11(10-16)14(19)17-13-5-3-2-4-12(13)15(20)18-6-8-21-9-7-18/h2-5,11H,6-10,16H2,1H3,(H,17,19). The van der Waals surface area contributed by atoms with Crippen LogP contribution in [-0.4, -0.2) is 49.6 Å². The summed E-state index contributed by atoms with van der Waals surface area (Å²) in [6.45, 7) is 4.25. The lowest BCUT2D eigenvalue weighted by Crippen LogP contribution is -2.41. The Labute approximate surface area is 124 Å². The summed E-state index contributed by atoms with van der Waals surface area (Å²) >= 11 is 0. The first-order valence-electron chi connectivity index (χ1n) is 7.10. The average Bonchev–Trinajstić information content (AvgIpc) is 2.54. The average molecular weight is 291 g/mol. The van der Waals surface area contributed by atoms with Crippen LogP contribution in [0.25, 0.3) is 0 Å². The predicted octanol–water partition coefficient (Wildman–Crippen LogP) is 0.692. The molecule has 6 nitrogen and oxygen atoms in total. The van der Waals surface area contributed by atoms with Crippen molar-refractivity contribution in [1.82, 2.24) is 4.90 Å². The molecular formula is C15H21N3O3. The number of anilines is 1. The monoisotopic (exact) mass is 291 g/mol. The van der Waals surface area contributed by atoms with Crippen LogP contribution in [-0.2, 0) is 9.53 Å². The van der Waals surface area contributed by atoms with Crippen LogP contribution in [0, 0.1) is 5.92 Å². The number of morpholine rings is 1. The summed E-state index contributed by atoms with van der Waals surface area (Å²) in [7, 11) is 0. The third kappa shape index (κ3) is 3.80. The predicted molar refractivity (Wildman–Crippen MR) is 80.0 cm³/mol. The molecule has 1 unspecified atom stereocenters. The van der Waals surface area contributed by atoms with Crippen molar-refractivity contribution in [2.75, 3.05) is 38.2 Å². The molecule has 1 heterocycles. The fourth-order valence-corrected chi connectivity index (χ4v) is 2.08. The van der Waals surface area contributed by atoms with E-state index >= 15 is 0 Å². The lowest BCUT2D eigenvalue weighted by molar-refractivity contribution is -0.119. The Morgan fingerprint density at radius 2 is 2.00 bits per heavy atom. The minimum Gasteiger partial charge on any atom is -0.378 e. The zero-order chi connectivity index (χ0) is 15.2. The summed E-state index contributed by atoms with van der Waals surface area (Å²) in [4.78, 5) is 26.2. The summed E-state index contributed by atoms with van der Waals surface area (Å²) in [5, 5.41) is 2.78. The third-order valence-electron chi connectivity index (χ3n) is 3.51. The summed E-state index contributed by atoms with van der Waals surface area (Å²) in [5.74, 6) is -0.564. The van der Waals surface area contributed by atoms with Crippen molar-refractivity contribution in [3.8, 4) is 0 Å². The van der Waals surface area contributed by atoms with E-state index in [0.29, 0.717) is 37.6 Å². The summed E-state index contributed by atoms with van der Waals surface area (Å²) < 4.78 is 5.25. The van der Waals surface area contributed by atoms with E-state index in [4.69, 9.17) is 10.5 Å². The van der Waals surface area contributed by atoms with Gasteiger partial charge >= 0.3 is 0 Å². The molecule has 1 atom stereocenters. The molecule has 0 aromatic heterocycles. The second-order valence-electron chi connectivity index (χ2n) is 5.08. The Morgan fingerprint density at radius 3 is 2.67 bits per heavy atom. The number of hydrogen-bond acceptors (Lipinski definition) is 4. The van der Waals surface area contributed by atoms with E-state index in [9.17, 15) is 9.59 Å². The number of nitrogens with zero attached hydrogens (tertiary/aromatic N) is 1. The van der Waals surface area contributed by atoms with Crippen LogP contribution >= 0.6 is 0 Å². The fourth-order valence-electron chi connectivity index (χ4n) is 2.08. The lowest BCUT2D eigenvalue weighted by atomic mass is 10.1.